The summed E-state index contributed by atoms with van der Waals surface area (Å²) in [5.74, 6) is -0.342. The topological polar surface area (TPSA) is 114 Å². The average Bonchev–Trinajstić information content (AvgIpc) is 2.93. The SMILES string of the molecule is CC(=O)Nc1nnc(S(=O)(=O)NOCCN2CCCCC2)s1. The van der Waals surface area contributed by atoms with E-state index < -0.39 is 10.0 Å². The normalized spacial score (nSPS) is 16.6. The van der Waals surface area contributed by atoms with Crippen LogP contribution in [-0.4, -0.2) is 55.7 Å². The van der Waals surface area contributed by atoms with Gasteiger partial charge in [0, 0.05) is 13.5 Å². The van der Waals surface area contributed by atoms with Gasteiger partial charge in [0.2, 0.25) is 11.0 Å². The van der Waals surface area contributed by atoms with Gasteiger partial charge in [-0.2, -0.15) is 0 Å². The highest BCUT2D eigenvalue weighted by molar-refractivity contribution is 7.91. The van der Waals surface area contributed by atoms with E-state index in [4.69, 9.17) is 4.84 Å². The molecule has 9 nitrogen and oxygen atoms in total. The van der Waals surface area contributed by atoms with Crippen LogP contribution in [0.3, 0.4) is 0 Å². The standard InChI is InChI=1S/C11H19N5O4S2/c1-9(17)12-10-13-14-11(21-10)22(18,19)15-20-8-7-16-5-3-2-4-6-16/h15H,2-8H2,1H3,(H,12,13,17). The summed E-state index contributed by atoms with van der Waals surface area (Å²) in [6.45, 7) is 4.28. The van der Waals surface area contributed by atoms with Crippen molar-refractivity contribution < 1.29 is 18.0 Å². The fourth-order valence-electron chi connectivity index (χ4n) is 2.03. The number of aromatic nitrogens is 2. The molecule has 1 saturated heterocycles. The second-order valence-electron chi connectivity index (χ2n) is 4.89. The Kier molecular flexibility index (Phi) is 6.20. The molecule has 22 heavy (non-hydrogen) atoms. The number of amides is 1. The van der Waals surface area contributed by atoms with Crippen molar-refractivity contribution >= 4 is 32.4 Å². The van der Waals surface area contributed by atoms with Crippen LogP contribution in [0.4, 0.5) is 5.13 Å². The summed E-state index contributed by atoms with van der Waals surface area (Å²) in [5, 5.41) is 9.60. The molecule has 1 aliphatic rings. The Morgan fingerprint density at radius 3 is 2.73 bits per heavy atom. The van der Waals surface area contributed by atoms with Crippen molar-refractivity contribution in [3.63, 3.8) is 0 Å². The molecule has 1 amide bonds. The zero-order valence-electron chi connectivity index (χ0n) is 12.2. The molecule has 11 heteroatoms. The van der Waals surface area contributed by atoms with Gasteiger partial charge in [-0.3, -0.25) is 9.63 Å². The quantitative estimate of drug-likeness (QED) is 0.410. The molecular formula is C11H19N5O4S2. The summed E-state index contributed by atoms with van der Waals surface area (Å²) in [4.78, 5) is 20.1. The lowest BCUT2D eigenvalue weighted by Gasteiger charge is -2.25. The van der Waals surface area contributed by atoms with E-state index in [2.05, 4.69) is 20.4 Å². The molecule has 0 spiro atoms. The van der Waals surface area contributed by atoms with Gasteiger partial charge < -0.3 is 10.2 Å². The van der Waals surface area contributed by atoms with Gasteiger partial charge in [0.15, 0.2) is 0 Å². The van der Waals surface area contributed by atoms with E-state index in [0.717, 1.165) is 24.4 Å². The molecule has 2 heterocycles. The Balaban J connectivity index is 1.77. The number of carbonyl (C=O) groups is 1. The maximum absolute atomic E-state index is 11.9. The molecule has 0 bridgehead atoms. The average molecular weight is 349 g/mol. The Labute approximate surface area is 133 Å². The van der Waals surface area contributed by atoms with Crippen LogP contribution >= 0.6 is 11.3 Å². The number of anilines is 1. The van der Waals surface area contributed by atoms with E-state index >= 15 is 0 Å². The Morgan fingerprint density at radius 2 is 2.05 bits per heavy atom. The monoisotopic (exact) mass is 349 g/mol. The number of rotatable bonds is 7. The molecule has 0 aliphatic carbocycles. The molecule has 0 atom stereocenters. The molecular weight excluding hydrogens is 330 g/mol. The van der Waals surface area contributed by atoms with Crippen LogP contribution in [0.5, 0.6) is 0 Å². The Bertz CT molecular complexity index is 597. The van der Waals surface area contributed by atoms with Crippen molar-refractivity contribution in [1.29, 1.82) is 0 Å². The molecule has 1 aliphatic heterocycles. The van der Waals surface area contributed by atoms with Crippen molar-refractivity contribution in [1.82, 2.24) is 20.0 Å². The van der Waals surface area contributed by atoms with Gasteiger partial charge in [-0.25, -0.2) is 8.42 Å². The van der Waals surface area contributed by atoms with Gasteiger partial charge in [0.1, 0.15) is 0 Å². The van der Waals surface area contributed by atoms with Gasteiger partial charge in [0.25, 0.3) is 14.4 Å². The fourth-order valence-corrected chi connectivity index (χ4v) is 3.79. The van der Waals surface area contributed by atoms with Gasteiger partial charge in [0.05, 0.1) is 6.61 Å². The number of piperidine rings is 1. The predicted molar refractivity (Wildman–Crippen MR) is 80.8 cm³/mol. The van der Waals surface area contributed by atoms with E-state index in [1.165, 1.54) is 26.2 Å². The fraction of sp³-hybridized carbons (Fsp3) is 0.727. The maximum Gasteiger partial charge on any atom is 0.291 e. The van der Waals surface area contributed by atoms with Crippen molar-refractivity contribution in [2.45, 2.75) is 30.5 Å². The summed E-state index contributed by atoms with van der Waals surface area (Å²) in [7, 11) is -3.88. The first kappa shape index (κ1) is 17.2. The van der Waals surface area contributed by atoms with Crippen molar-refractivity contribution in [3.8, 4) is 0 Å². The third-order valence-electron chi connectivity index (χ3n) is 3.05. The first-order valence-corrected chi connectivity index (χ1v) is 9.24. The van der Waals surface area contributed by atoms with Crippen LogP contribution in [0.1, 0.15) is 26.2 Å². The number of hydrogen-bond donors (Lipinski definition) is 2. The number of nitrogens with one attached hydrogen (secondary N) is 2. The van der Waals surface area contributed by atoms with E-state index in [1.807, 2.05) is 4.89 Å². The summed E-state index contributed by atoms with van der Waals surface area (Å²) in [5.41, 5.74) is 0. The third kappa shape index (κ3) is 5.25. The molecule has 2 N–H and O–H groups in total. The summed E-state index contributed by atoms with van der Waals surface area (Å²) in [6, 6.07) is 0. The smallest absolute Gasteiger partial charge is 0.291 e. The number of likely N-dealkylation sites (tertiary alicyclic amines) is 1. The van der Waals surface area contributed by atoms with E-state index in [-0.39, 0.29) is 22.0 Å². The lowest BCUT2D eigenvalue weighted by molar-refractivity contribution is -0.114. The minimum Gasteiger partial charge on any atom is -0.301 e. The second-order valence-corrected chi connectivity index (χ2v) is 7.69. The summed E-state index contributed by atoms with van der Waals surface area (Å²) in [6.07, 6.45) is 3.59. The molecule has 0 radical (unpaired) electrons. The Hall–Kier alpha value is -1.14. The zero-order valence-corrected chi connectivity index (χ0v) is 13.9. The first-order valence-electron chi connectivity index (χ1n) is 6.94. The van der Waals surface area contributed by atoms with Gasteiger partial charge in [-0.15, -0.1) is 10.2 Å². The molecule has 0 saturated carbocycles. The van der Waals surface area contributed by atoms with Gasteiger partial charge in [-0.05, 0) is 25.9 Å². The maximum atomic E-state index is 11.9. The highest BCUT2D eigenvalue weighted by Crippen LogP contribution is 2.19. The largest absolute Gasteiger partial charge is 0.301 e. The second kappa shape index (κ2) is 7.92. The molecule has 124 valence electrons. The minimum absolute atomic E-state index is 0.126. The zero-order chi connectivity index (χ0) is 16.0. The molecule has 0 unspecified atom stereocenters. The number of sulfonamides is 1. The molecule has 0 aromatic carbocycles. The van der Waals surface area contributed by atoms with Crippen LogP contribution in [0.25, 0.3) is 0 Å². The van der Waals surface area contributed by atoms with Gasteiger partial charge >= 0.3 is 0 Å². The summed E-state index contributed by atoms with van der Waals surface area (Å²) < 4.78 is 23.6. The Morgan fingerprint density at radius 1 is 1.32 bits per heavy atom. The number of nitrogens with zero attached hydrogens (tertiary/aromatic N) is 3. The number of hydrogen-bond acceptors (Lipinski definition) is 8. The predicted octanol–water partition coefficient (Wildman–Crippen LogP) is 0.192. The lowest BCUT2D eigenvalue weighted by Crippen LogP contribution is -2.35. The third-order valence-corrected chi connectivity index (χ3v) is 5.47. The van der Waals surface area contributed by atoms with Crippen molar-refractivity contribution in [2.24, 2.45) is 0 Å². The summed E-state index contributed by atoms with van der Waals surface area (Å²) >= 11 is 0.759. The van der Waals surface area contributed by atoms with Gasteiger partial charge in [-0.1, -0.05) is 22.6 Å². The van der Waals surface area contributed by atoms with Crippen molar-refractivity contribution in [3.05, 3.63) is 0 Å². The highest BCUT2D eigenvalue weighted by atomic mass is 32.2. The van der Waals surface area contributed by atoms with Crippen LogP contribution < -0.4 is 10.2 Å². The molecule has 1 aromatic rings. The minimum atomic E-state index is -3.88. The van der Waals surface area contributed by atoms with Crippen LogP contribution in [0, 0.1) is 0 Å². The van der Waals surface area contributed by atoms with E-state index in [1.54, 1.807) is 0 Å². The van der Waals surface area contributed by atoms with Crippen LogP contribution in [0.2, 0.25) is 0 Å². The number of carbonyl (C=O) groups excluding carboxylic acids is 1. The lowest BCUT2D eigenvalue weighted by atomic mass is 10.1. The first-order chi connectivity index (χ1) is 10.5. The molecule has 1 aromatic heterocycles. The molecule has 1 fully saturated rings. The van der Waals surface area contributed by atoms with E-state index in [0.29, 0.717) is 6.54 Å². The molecule has 2 rings (SSSR count). The van der Waals surface area contributed by atoms with Crippen LogP contribution in [0.15, 0.2) is 4.34 Å². The van der Waals surface area contributed by atoms with E-state index in [9.17, 15) is 13.2 Å². The highest BCUT2D eigenvalue weighted by Gasteiger charge is 2.21. The van der Waals surface area contributed by atoms with Crippen LogP contribution in [-0.2, 0) is 19.7 Å². The van der Waals surface area contributed by atoms with Crippen molar-refractivity contribution in [2.75, 3.05) is 31.6 Å².